The number of rotatable bonds is 11. The summed E-state index contributed by atoms with van der Waals surface area (Å²) in [5.41, 5.74) is 2.23. The smallest absolute Gasteiger partial charge is 0.341 e. The monoisotopic (exact) mass is 557 g/mol. The van der Waals surface area contributed by atoms with E-state index in [1.54, 1.807) is 19.9 Å². The molecule has 0 aliphatic heterocycles. The minimum Gasteiger partial charge on any atom is -0.462 e. The first-order valence-corrected chi connectivity index (χ1v) is 13.9. The third kappa shape index (κ3) is 6.67. The molecule has 0 fully saturated rings. The molecule has 2 N–H and O–H groups in total. The number of anilines is 1. The van der Waals surface area contributed by atoms with Gasteiger partial charge >= 0.3 is 5.97 Å². The highest BCUT2D eigenvalue weighted by Crippen LogP contribution is 2.34. The van der Waals surface area contributed by atoms with Crippen LogP contribution in [0.4, 0.5) is 5.00 Å². The maximum absolute atomic E-state index is 12.8. The third-order valence-electron chi connectivity index (χ3n) is 5.61. The van der Waals surface area contributed by atoms with Crippen LogP contribution in [0.15, 0.2) is 29.4 Å². The number of amides is 2. The third-order valence-corrected chi connectivity index (χ3v) is 7.88. The molecule has 0 saturated carbocycles. The number of esters is 1. The van der Waals surface area contributed by atoms with E-state index in [-0.39, 0.29) is 40.5 Å². The van der Waals surface area contributed by atoms with E-state index in [1.807, 2.05) is 43.5 Å². The Kier molecular flexibility index (Phi) is 9.81. The van der Waals surface area contributed by atoms with E-state index in [2.05, 4.69) is 20.8 Å². The van der Waals surface area contributed by atoms with E-state index >= 15 is 0 Å². The average Bonchev–Trinajstić information content (AvgIpc) is 3.43. The van der Waals surface area contributed by atoms with Gasteiger partial charge in [0.15, 0.2) is 16.8 Å². The molecule has 0 bridgehead atoms. The van der Waals surface area contributed by atoms with Crippen molar-refractivity contribution in [3.63, 3.8) is 0 Å². The number of Topliss-reactive ketones (excluding diaryl/α,β-unsaturated/α-hetero) is 1. The maximum atomic E-state index is 12.8. The number of nitrogens with one attached hydrogen (secondary N) is 2. The number of thiophene rings is 1. The Morgan fingerprint density at radius 3 is 2.53 bits per heavy atom. The quantitative estimate of drug-likeness (QED) is 0.199. The van der Waals surface area contributed by atoms with Gasteiger partial charge in [0.25, 0.3) is 5.91 Å². The molecule has 3 aromatic rings. The SMILES string of the molecule is CCOC(=O)c1c(NC(=O)CSc2nnc([C@H](C)NC(=O)c3cccc(C)c3)n2CC)sc(C(C)=O)c1C. The van der Waals surface area contributed by atoms with Gasteiger partial charge < -0.3 is 19.9 Å². The van der Waals surface area contributed by atoms with Crippen molar-refractivity contribution < 1.29 is 23.9 Å². The first-order valence-electron chi connectivity index (χ1n) is 12.1. The molecule has 1 atom stereocenters. The van der Waals surface area contributed by atoms with Crippen molar-refractivity contribution in [2.24, 2.45) is 0 Å². The van der Waals surface area contributed by atoms with Gasteiger partial charge in [-0.15, -0.1) is 21.5 Å². The number of benzene rings is 1. The standard InChI is InChI=1S/C26H31N5O5S2/c1-7-31-22(16(5)27-23(34)18-11-9-10-14(3)12-18)29-30-26(31)37-13-19(33)28-24-20(25(35)36-8-2)15(4)21(38-24)17(6)32/h9-12,16H,7-8,13H2,1-6H3,(H,27,34)(H,28,33)/t16-/m0/s1. The molecule has 38 heavy (non-hydrogen) atoms. The van der Waals surface area contributed by atoms with Crippen LogP contribution in [0.1, 0.15) is 81.1 Å². The van der Waals surface area contributed by atoms with Crippen molar-refractivity contribution in [1.29, 1.82) is 0 Å². The summed E-state index contributed by atoms with van der Waals surface area (Å²) in [4.78, 5) is 50.4. The fraction of sp³-hybridized carbons (Fsp3) is 0.385. The van der Waals surface area contributed by atoms with Gasteiger partial charge in [-0.3, -0.25) is 14.4 Å². The topological polar surface area (TPSA) is 132 Å². The zero-order valence-electron chi connectivity index (χ0n) is 22.2. The fourth-order valence-electron chi connectivity index (χ4n) is 3.83. The molecular weight excluding hydrogens is 526 g/mol. The van der Waals surface area contributed by atoms with Gasteiger partial charge in [-0.1, -0.05) is 29.5 Å². The molecule has 0 spiro atoms. The molecule has 2 amide bonds. The summed E-state index contributed by atoms with van der Waals surface area (Å²) in [7, 11) is 0. The van der Waals surface area contributed by atoms with Crippen LogP contribution in [0.2, 0.25) is 0 Å². The van der Waals surface area contributed by atoms with Gasteiger partial charge in [-0.2, -0.15) is 0 Å². The molecule has 202 valence electrons. The number of aryl methyl sites for hydroxylation is 1. The number of hydrogen-bond acceptors (Lipinski definition) is 9. The predicted octanol–water partition coefficient (Wildman–Crippen LogP) is 4.58. The second kappa shape index (κ2) is 12.8. The van der Waals surface area contributed by atoms with Gasteiger partial charge in [-0.25, -0.2) is 4.79 Å². The van der Waals surface area contributed by atoms with Crippen LogP contribution in [-0.4, -0.2) is 50.7 Å². The lowest BCUT2D eigenvalue weighted by atomic mass is 10.1. The number of aromatic nitrogens is 3. The van der Waals surface area contributed by atoms with Crippen LogP contribution in [0.5, 0.6) is 0 Å². The van der Waals surface area contributed by atoms with Crippen LogP contribution in [0.3, 0.4) is 0 Å². The Hall–Kier alpha value is -3.51. The Morgan fingerprint density at radius 2 is 1.89 bits per heavy atom. The van der Waals surface area contributed by atoms with Crippen LogP contribution in [0.25, 0.3) is 0 Å². The Labute approximate surface area is 229 Å². The summed E-state index contributed by atoms with van der Waals surface area (Å²) in [6.07, 6.45) is 0. The zero-order valence-corrected chi connectivity index (χ0v) is 23.8. The van der Waals surface area contributed by atoms with Crippen molar-refractivity contribution >= 4 is 51.7 Å². The van der Waals surface area contributed by atoms with Gasteiger partial charge in [0.05, 0.1) is 28.8 Å². The molecule has 12 heteroatoms. The van der Waals surface area contributed by atoms with Gasteiger partial charge in [0.1, 0.15) is 5.00 Å². The molecule has 0 aliphatic carbocycles. The van der Waals surface area contributed by atoms with Crippen LogP contribution in [-0.2, 0) is 16.1 Å². The lowest BCUT2D eigenvalue weighted by molar-refractivity contribution is -0.113. The van der Waals surface area contributed by atoms with Gasteiger partial charge in [0.2, 0.25) is 5.91 Å². The van der Waals surface area contributed by atoms with E-state index in [1.165, 1.54) is 18.7 Å². The molecule has 2 heterocycles. The number of hydrogen-bond donors (Lipinski definition) is 2. The van der Waals surface area contributed by atoms with E-state index in [4.69, 9.17) is 4.74 Å². The van der Waals surface area contributed by atoms with Crippen LogP contribution < -0.4 is 10.6 Å². The highest BCUT2D eigenvalue weighted by molar-refractivity contribution is 7.99. The zero-order chi connectivity index (χ0) is 28.0. The molecule has 1 aromatic carbocycles. The number of nitrogens with zero attached hydrogens (tertiary/aromatic N) is 3. The molecule has 10 nitrogen and oxygen atoms in total. The molecule has 2 aromatic heterocycles. The minimum atomic E-state index is -0.589. The number of carbonyl (C=O) groups is 4. The van der Waals surface area contributed by atoms with E-state index in [9.17, 15) is 19.2 Å². The summed E-state index contributed by atoms with van der Waals surface area (Å²) < 4.78 is 6.96. The Balaban J connectivity index is 1.70. The molecular formula is C26H31N5O5S2. The summed E-state index contributed by atoms with van der Waals surface area (Å²) >= 11 is 2.24. The average molecular weight is 558 g/mol. The Morgan fingerprint density at radius 1 is 1.16 bits per heavy atom. The predicted molar refractivity (Wildman–Crippen MR) is 147 cm³/mol. The van der Waals surface area contributed by atoms with Crippen molar-refractivity contribution in [3.8, 4) is 0 Å². The largest absolute Gasteiger partial charge is 0.462 e. The first-order chi connectivity index (χ1) is 18.1. The molecule has 0 aliphatic rings. The van der Waals surface area contributed by atoms with E-state index in [0.717, 1.165) is 16.9 Å². The lowest BCUT2D eigenvalue weighted by Crippen LogP contribution is -2.28. The molecule has 3 rings (SSSR count). The minimum absolute atomic E-state index is 0.00319. The number of carbonyl (C=O) groups excluding carboxylic acids is 4. The summed E-state index contributed by atoms with van der Waals surface area (Å²) in [6.45, 7) is 11.1. The number of ketones is 1. The second-order valence-electron chi connectivity index (χ2n) is 8.52. The van der Waals surface area contributed by atoms with Gasteiger partial charge in [-0.05, 0) is 59.2 Å². The van der Waals surface area contributed by atoms with Crippen molar-refractivity contribution in [1.82, 2.24) is 20.1 Å². The van der Waals surface area contributed by atoms with E-state index < -0.39 is 12.0 Å². The molecule has 0 unspecified atom stereocenters. The summed E-state index contributed by atoms with van der Waals surface area (Å²) in [5.74, 6) is -0.801. The number of thioether (sulfide) groups is 1. The van der Waals surface area contributed by atoms with Gasteiger partial charge in [0, 0.05) is 12.1 Å². The lowest BCUT2D eigenvalue weighted by Gasteiger charge is -2.15. The van der Waals surface area contributed by atoms with E-state index in [0.29, 0.717) is 33.5 Å². The second-order valence-corrected chi connectivity index (χ2v) is 10.5. The van der Waals surface area contributed by atoms with Crippen LogP contribution >= 0.6 is 23.1 Å². The van der Waals surface area contributed by atoms with Crippen LogP contribution in [0, 0.1) is 13.8 Å². The Bertz CT molecular complexity index is 1360. The summed E-state index contributed by atoms with van der Waals surface area (Å²) in [5, 5.41) is 15.0. The van der Waals surface area contributed by atoms with Crippen molar-refractivity contribution in [2.75, 3.05) is 17.7 Å². The maximum Gasteiger partial charge on any atom is 0.341 e. The fourth-order valence-corrected chi connectivity index (χ4v) is 5.75. The normalized spacial score (nSPS) is 11.6. The highest BCUT2D eigenvalue weighted by atomic mass is 32.2. The molecule has 0 radical (unpaired) electrons. The molecule has 0 saturated heterocycles. The first kappa shape index (κ1) is 29.1. The summed E-state index contributed by atoms with van der Waals surface area (Å²) in [6, 6.07) is 6.91. The van der Waals surface area contributed by atoms with Crippen molar-refractivity contribution in [2.45, 2.75) is 59.3 Å². The van der Waals surface area contributed by atoms with Crippen molar-refractivity contribution in [3.05, 3.63) is 57.2 Å². The highest BCUT2D eigenvalue weighted by Gasteiger charge is 2.26. The number of ether oxygens (including phenoxy) is 1.